The zero-order valence-electron chi connectivity index (χ0n) is 14.4. The predicted octanol–water partition coefficient (Wildman–Crippen LogP) is 1.90. The number of hydrogen-bond acceptors (Lipinski definition) is 3. The highest BCUT2D eigenvalue weighted by Gasteiger charge is 2.16. The van der Waals surface area contributed by atoms with Gasteiger partial charge in [0.15, 0.2) is 5.96 Å². The summed E-state index contributed by atoms with van der Waals surface area (Å²) in [5.41, 5.74) is 7.12. The lowest BCUT2D eigenvalue weighted by Gasteiger charge is -2.36. The van der Waals surface area contributed by atoms with Gasteiger partial charge < -0.3 is 16.0 Å². The summed E-state index contributed by atoms with van der Waals surface area (Å²) in [6.07, 6.45) is 3.39. The summed E-state index contributed by atoms with van der Waals surface area (Å²) in [5, 5.41) is 3.18. The van der Waals surface area contributed by atoms with Gasteiger partial charge in [0.1, 0.15) is 0 Å². The molecule has 1 fully saturated rings. The number of guanidine groups is 1. The number of unbranched alkanes of at least 4 members (excludes halogenated alkanes) is 1. The number of piperazine rings is 1. The molecule has 2 rings (SSSR count). The minimum absolute atomic E-state index is 0.586. The van der Waals surface area contributed by atoms with Gasteiger partial charge in [0.25, 0.3) is 0 Å². The number of para-hydroxylation sites is 1. The maximum atomic E-state index is 5.78. The Labute approximate surface area is 140 Å². The Hall–Kier alpha value is -1.75. The van der Waals surface area contributed by atoms with Crippen LogP contribution in [0.5, 0.6) is 0 Å². The molecule has 1 heterocycles. The van der Waals surface area contributed by atoms with Gasteiger partial charge in [-0.2, -0.15) is 0 Å². The molecule has 1 saturated heterocycles. The van der Waals surface area contributed by atoms with E-state index >= 15 is 0 Å². The molecule has 1 aliphatic rings. The Balaban J connectivity index is 1.55. The van der Waals surface area contributed by atoms with E-state index in [9.17, 15) is 0 Å². The van der Waals surface area contributed by atoms with Gasteiger partial charge >= 0.3 is 0 Å². The van der Waals surface area contributed by atoms with Gasteiger partial charge in [-0.05, 0) is 37.9 Å². The van der Waals surface area contributed by atoms with Crippen LogP contribution in [0.1, 0.15) is 26.2 Å². The van der Waals surface area contributed by atoms with Crippen molar-refractivity contribution in [1.29, 1.82) is 0 Å². The minimum Gasteiger partial charge on any atom is -0.370 e. The Morgan fingerprint density at radius 2 is 1.87 bits per heavy atom. The Morgan fingerprint density at radius 3 is 2.57 bits per heavy atom. The third kappa shape index (κ3) is 6.48. The first-order valence-electron chi connectivity index (χ1n) is 8.85. The van der Waals surface area contributed by atoms with Crippen LogP contribution in [-0.4, -0.2) is 56.7 Å². The Morgan fingerprint density at radius 1 is 1.13 bits per heavy atom. The van der Waals surface area contributed by atoms with Crippen LogP contribution in [0.25, 0.3) is 0 Å². The van der Waals surface area contributed by atoms with Crippen LogP contribution >= 0.6 is 0 Å². The first kappa shape index (κ1) is 17.6. The number of rotatable bonds is 8. The number of benzene rings is 1. The zero-order valence-corrected chi connectivity index (χ0v) is 14.4. The topological polar surface area (TPSA) is 56.9 Å². The molecular formula is C18H31N5. The molecule has 5 nitrogen and oxygen atoms in total. The average Bonchev–Trinajstić information content (AvgIpc) is 2.61. The van der Waals surface area contributed by atoms with E-state index in [0.717, 1.165) is 52.1 Å². The molecule has 3 N–H and O–H groups in total. The summed E-state index contributed by atoms with van der Waals surface area (Å²) in [7, 11) is 0. The van der Waals surface area contributed by atoms with Crippen LogP contribution in [0.2, 0.25) is 0 Å². The van der Waals surface area contributed by atoms with Crippen LogP contribution in [-0.2, 0) is 0 Å². The van der Waals surface area contributed by atoms with E-state index in [2.05, 4.69) is 57.4 Å². The highest BCUT2D eigenvalue weighted by atomic mass is 15.3. The van der Waals surface area contributed by atoms with Crippen molar-refractivity contribution in [1.82, 2.24) is 10.2 Å². The summed E-state index contributed by atoms with van der Waals surface area (Å²) in [6, 6.07) is 10.7. The molecule has 0 atom stereocenters. The number of anilines is 1. The van der Waals surface area contributed by atoms with E-state index in [1.165, 1.54) is 18.7 Å². The molecule has 0 bridgehead atoms. The standard InChI is InChI=1S/C18H31N5/c1-2-10-20-18(19)21-11-6-7-12-22-13-15-23(16-14-22)17-8-4-3-5-9-17/h3-5,8-9H,2,6-7,10-16H2,1H3,(H3,19,20,21). The molecule has 1 aromatic rings. The second kappa shape index (κ2) is 10.1. The second-order valence-corrected chi connectivity index (χ2v) is 6.07. The number of nitrogens with one attached hydrogen (secondary N) is 1. The molecule has 0 spiro atoms. The van der Waals surface area contributed by atoms with Crippen molar-refractivity contribution in [2.24, 2.45) is 10.7 Å². The molecule has 0 radical (unpaired) electrons. The number of nitrogens with zero attached hydrogens (tertiary/aromatic N) is 3. The molecule has 0 aromatic heterocycles. The molecule has 0 amide bonds. The van der Waals surface area contributed by atoms with Gasteiger partial charge in [0.05, 0.1) is 0 Å². The van der Waals surface area contributed by atoms with Gasteiger partial charge in [-0.15, -0.1) is 0 Å². The van der Waals surface area contributed by atoms with Crippen molar-refractivity contribution in [3.63, 3.8) is 0 Å². The fraction of sp³-hybridized carbons (Fsp3) is 0.611. The van der Waals surface area contributed by atoms with E-state index in [4.69, 9.17) is 5.73 Å². The quantitative estimate of drug-likeness (QED) is 0.437. The first-order chi connectivity index (χ1) is 11.3. The molecule has 1 aromatic carbocycles. The van der Waals surface area contributed by atoms with Crippen molar-refractivity contribution in [2.75, 3.05) is 50.7 Å². The Kier molecular flexibility index (Phi) is 7.73. The van der Waals surface area contributed by atoms with E-state index in [1.807, 2.05) is 0 Å². The molecule has 0 unspecified atom stereocenters. The van der Waals surface area contributed by atoms with Crippen molar-refractivity contribution >= 4 is 11.6 Å². The summed E-state index contributed by atoms with van der Waals surface area (Å²) in [6.45, 7) is 9.57. The highest BCUT2D eigenvalue weighted by Crippen LogP contribution is 2.15. The predicted molar refractivity (Wildman–Crippen MR) is 99.1 cm³/mol. The number of nitrogens with two attached hydrogens (primary N) is 1. The highest BCUT2D eigenvalue weighted by molar-refractivity contribution is 5.77. The van der Waals surface area contributed by atoms with Crippen molar-refractivity contribution < 1.29 is 0 Å². The second-order valence-electron chi connectivity index (χ2n) is 6.07. The molecule has 5 heteroatoms. The lowest BCUT2D eigenvalue weighted by molar-refractivity contribution is 0.253. The smallest absolute Gasteiger partial charge is 0.188 e. The maximum absolute atomic E-state index is 5.78. The van der Waals surface area contributed by atoms with Gasteiger partial charge in [0, 0.05) is 45.0 Å². The zero-order chi connectivity index (χ0) is 16.3. The van der Waals surface area contributed by atoms with Crippen LogP contribution in [0.3, 0.4) is 0 Å². The summed E-state index contributed by atoms with van der Waals surface area (Å²) in [4.78, 5) is 9.27. The van der Waals surface area contributed by atoms with Gasteiger partial charge in [-0.1, -0.05) is 25.1 Å². The van der Waals surface area contributed by atoms with E-state index in [-0.39, 0.29) is 0 Å². The third-order valence-corrected chi connectivity index (χ3v) is 4.21. The maximum Gasteiger partial charge on any atom is 0.188 e. The van der Waals surface area contributed by atoms with Crippen LogP contribution < -0.4 is 16.0 Å². The third-order valence-electron chi connectivity index (χ3n) is 4.21. The lowest BCUT2D eigenvalue weighted by Crippen LogP contribution is -2.46. The molecule has 0 aliphatic carbocycles. The van der Waals surface area contributed by atoms with E-state index in [1.54, 1.807) is 0 Å². The van der Waals surface area contributed by atoms with Gasteiger partial charge in [0.2, 0.25) is 0 Å². The van der Waals surface area contributed by atoms with Crippen molar-refractivity contribution in [2.45, 2.75) is 26.2 Å². The minimum atomic E-state index is 0.586. The SMILES string of the molecule is CCCN=C(N)NCCCCN1CCN(c2ccccc2)CC1. The average molecular weight is 317 g/mol. The summed E-state index contributed by atoms with van der Waals surface area (Å²) >= 11 is 0. The van der Waals surface area contributed by atoms with Gasteiger partial charge in [-0.25, -0.2) is 0 Å². The molecule has 23 heavy (non-hydrogen) atoms. The van der Waals surface area contributed by atoms with E-state index in [0.29, 0.717) is 5.96 Å². The fourth-order valence-electron chi connectivity index (χ4n) is 2.83. The number of hydrogen-bond donors (Lipinski definition) is 2. The summed E-state index contributed by atoms with van der Waals surface area (Å²) < 4.78 is 0. The monoisotopic (exact) mass is 317 g/mol. The summed E-state index contributed by atoms with van der Waals surface area (Å²) in [5.74, 6) is 0.586. The molecule has 1 aliphatic heterocycles. The van der Waals surface area contributed by atoms with Crippen LogP contribution in [0, 0.1) is 0 Å². The lowest BCUT2D eigenvalue weighted by atomic mass is 10.2. The van der Waals surface area contributed by atoms with Crippen molar-refractivity contribution in [3.8, 4) is 0 Å². The fourth-order valence-corrected chi connectivity index (χ4v) is 2.83. The Bertz CT molecular complexity index is 452. The van der Waals surface area contributed by atoms with Crippen LogP contribution in [0.4, 0.5) is 5.69 Å². The molecule has 0 saturated carbocycles. The van der Waals surface area contributed by atoms with Gasteiger partial charge in [-0.3, -0.25) is 9.89 Å². The molecular weight excluding hydrogens is 286 g/mol. The normalized spacial score (nSPS) is 16.6. The van der Waals surface area contributed by atoms with E-state index < -0.39 is 0 Å². The first-order valence-corrected chi connectivity index (χ1v) is 8.85. The van der Waals surface area contributed by atoms with Crippen molar-refractivity contribution in [3.05, 3.63) is 30.3 Å². The molecule has 128 valence electrons. The van der Waals surface area contributed by atoms with Crippen LogP contribution in [0.15, 0.2) is 35.3 Å². The largest absolute Gasteiger partial charge is 0.370 e. The number of aliphatic imine (C=N–C) groups is 1.